The van der Waals surface area contributed by atoms with Crippen LogP contribution in [0.2, 0.25) is 0 Å². The number of H-pyrrole nitrogens is 8. The Balaban J connectivity index is 0.000000177. The number of aromatic nitrogens is 8. The van der Waals surface area contributed by atoms with Crippen LogP contribution in [0.3, 0.4) is 0 Å². The van der Waals surface area contributed by atoms with E-state index in [4.69, 9.17) is 40.2 Å². The lowest BCUT2D eigenvalue weighted by molar-refractivity contribution is -0.368. The van der Waals surface area contributed by atoms with Crippen molar-refractivity contribution >= 4 is 202 Å². The van der Waals surface area contributed by atoms with Crippen LogP contribution < -0.4 is 80.1 Å². The highest BCUT2D eigenvalue weighted by Crippen LogP contribution is 2.17. The molecule has 0 amide bonds. The van der Waals surface area contributed by atoms with E-state index in [1.165, 1.54) is 81.7 Å². The summed E-state index contributed by atoms with van der Waals surface area (Å²) in [7, 11) is -12.7. The summed E-state index contributed by atoms with van der Waals surface area (Å²) in [5, 5.41) is 66.4. The SMILES string of the molecule is [O-]B([O-])F.[O-]B([O-])F.[O-]B([O-])F.[O-]B([O-])F.c1ccc2sc[nH+]c2c1.c1ccc2sc[nH+]c2c1.c1ccc2sc[nH+]c2c1.c1ccc2sc[nH+]c2c1.c1ccc2sc[nH+]c2c1.c1ccc2sc[nH+]c2c1.c1ccc2sc[nH+]c2c1.c1ccc2sc[nH+]c2c1. The smallest absolute Gasteiger partial charge is 0.224 e. The summed E-state index contributed by atoms with van der Waals surface area (Å²) in [5.41, 5.74) is 25.7. The predicted octanol–water partition coefficient (Wildman–Crippen LogP) is 4.37. The van der Waals surface area contributed by atoms with Crippen LogP contribution in [0.1, 0.15) is 0 Å². The molecule has 0 unspecified atom stereocenters. The van der Waals surface area contributed by atoms with E-state index in [0.717, 1.165) is 0 Å². The third kappa shape index (κ3) is 28.6. The lowest BCUT2D eigenvalue weighted by atomic mass is 10.3. The van der Waals surface area contributed by atoms with Crippen molar-refractivity contribution in [1.82, 2.24) is 0 Å². The first-order valence-electron chi connectivity index (χ1n) is 25.2. The highest BCUT2D eigenvalue weighted by molar-refractivity contribution is 7.18. The summed E-state index contributed by atoms with van der Waals surface area (Å²) in [6.45, 7) is 0. The van der Waals surface area contributed by atoms with Crippen molar-refractivity contribution in [2.75, 3.05) is 0 Å². The molecule has 0 bridgehead atoms. The zero-order chi connectivity index (χ0) is 63.1. The van der Waals surface area contributed by atoms with Crippen LogP contribution in [-0.4, -0.2) is 29.6 Å². The van der Waals surface area contributed by atoms with Crippen molar-refractivity contribution in [3.05, 3.63) is 238 Å². The molecule has 8 heterocycles. The van der Waals surface area contributed by atoms with Crippen LogP contribution >= 0.6 is 90.7 Å². The molecular formula is C56H48B4F4N8O8S8. The third-order valence-electron chi connectivity index (χ3n) is 10.3. The molecule has 0 atom stereocenters. The maximum Gasteiger partial charge on any atom is 0.224 e. The highest BCUT2D eigenvalue weighted by Gasteiger charge is 2.02. The van der Waals surface area contributed by atoms with Crippen molar-refractivity contribution < 1.29 is 97.3 Å². The summed E-state index contributed by atoms with van der Waals surface area (Å²) in [6.07, 6.45) is 0. The molecule has 32 heteroatoms. The van der Waals surface area contributed by atoms with E-state index in [2.05, 4.69) is 137 Å². The van der Waals surface area contributed by atoms with Gasteiger partial charge < -0.3 is 57.5 Å². The molecule has 16 rings (SSSR count). The summed E-state index contributed by atoms with van der Waals surface area (Å²) < 4.78 is 50.1. The first-order valence-corrected chi connectivity index (χ1v) is 32.2. The number of hydrogen-bond donors (Lipinski definition) is 0. The van der Waals surface area contributed by atoms with Crippen molar-refractivity contribution in [2.24, 2.45) is 0 Å². The first kappa shape index (κ1) is 71.3. The molecule has 88 heavy (non-hydrogen) atoms. The molecule has 16 aromatic rings. The highest BCUT2D eigenvalue weighted by atomic mass is 32.1. The molecule has 16 nitrogen and oxygen atoms in total. The molecule has 0 radical (unpaired) electrons. The second-order valence-corrected chi connectivity index (χ2v) is 23.4. The Bertz CT molecular complexity index is 3320. The van der Waals surface area contributed by atoms with Gasteiger partial charge in [0.2, 0.25) is 88.2 Å². The fraction of sp³-hybridized carbons (Fsp3) is 0. The van der Waals surface area contributed by atoms with Crippen LogP contribution in [-0.2, 0) is 0 Å². The number of nitrogens with one attached hydrogen (secondary N) is 8. The number of rotatable bonds is 0. The molecule has 8 aromatic heterocycles. The van der Waals surface area contributed by atoms with Gasteiger partial charge in [0.05, 0.1) is 0 Å². The van der Waals surface area contributed by atoms with Crippen molar-refractivity contribution in [1.29, 1.82) is 0 Å². The number of halogens is 4. The molecule has 0 spiro atoms. The van der Waals surface area contributed by atoms with Crippen molar-refractivity contribution in [3.63, 3.8) is 0 Å². The van der Waals surface area contributed by atoms with Gasteiger partial charge in [0, 0.05) is 48.5 Å². The fourth-order valence-corrected chi connectivity index (χ4v) is 12.6. The van der Waals surface area contributed by atoms with Gasteiger partial charge in [-0.3, -0.25) is 0 Å². The lowest BCUT2D eigenvalue weighted by Crippen LogP contribution is -2.39. The predicted molar refractivity (Wildman–Crippen MR) is 334 cm³/mol. The van der Waals surface area contributed by atoms with Crippen molar-refractivity contribution in [3.8, 4) is 0 Å². The van der Waals surface area contributed by atoms with E-state index in [1.54, 1.807) is 90.7 Å². The number of thiazole rings is 8. The molecule has 0 aliphatic rings. The van der Waals surface area contributed by atoms with Crippen LogP contribution in [0.15, 0.2) is 238 Å². The Morgan fingerprint density at radius 3 is 0.375 bits per heavy atom. The van der Waals surface area contributed by atoms with Gasteiger partial charge in [0.15, 0.2) is 0 Å². The molecule has 8 N–H and O–H groups in total. The van der Waals surface area contributed by atoms with Crippen molar-refractivity contribution in [2.45, 2.75) is 0 Å². The number of hydrogen-bond acceptors (Lipinski definition) is 16. The normalized spacial score (nSPS) is 9.59. The fourth-order valence-electron chi connectivity index (χ4n) is 6.76. The first-order chi connectivity index (χ1) is 42.7. The van der Waals surface area contributed by atoms with E-state index in [-0.39, 0.29) is 0 Å². The quantitative estimate of drug-likeness (QED) is 0.155. The maximum absolute atomic E-state index is 9.89. The minimum Gasteiger partial charge on any atom is -0.867 e. The molecule has 0 aliphatic heterocycles. The van der Waals surface area contributed by atoms with Crippen LogP contribution in [0.25, 0.3) is 81.7 Å². The molecule has 448 valence electrons. The van der Waals surface area contributed by atoms with Gasteiger partial charge in [0.25, 0.3) is 0 Å². The third-order valence-corrected chi connectivity index (χ3v) is 17.1. The average Bonchev–Trinajstić information content (AvgIpc) is 4.45. The molecule has 0 saturated heterocycles. The number of para-hydroxylation sites is 8. The maximum atomic E-state index is 9.89. The van der Waals surface area contributed by atoms with Gasteiger partial charge in [0.1, 0.15) is 67.2 Å². The van der Waals surface area contributed by atoms with Crippen LogP contribution in [0.5, 0.6) is 0 Å². The minimum absolute atomic E-state index is 1.22. The Kier molecular flexibility index (Phi) is 33.7. The minimum atomic E-state index is -3.17. The van der Waals surface area contributed by atoms with Crippen LogP contribution in [0.4, 0.5) is 17.3 Å². The van der Waals surface area contributed by atoms with Crippen LogP contribution in [0, 0.1) is 0 Å². The Morgan fingerprint density at radius 1 is 0.193 bits per heavy atom. The number of aromatic amines is 8. The Hall–Kier alpha value is -7.46. The largest absolute Gasteiger partial charge is 0.867 e. The Labute approximate surface area is 533 Å². The molecule has 8 aromatic carbocycles. The number of fused-ring (bicyclic) bond motifs is 8. The van der Waals surface area contributed by atoms with Gasteiger partial charge in [-0.2, -0.15) is 0 Å². The second kappa shape index (κ2) is 41.6. The standard InChI is InChI=1S/8C7H5NS.4BFO2/c8*1-2-4-7-6(3-1)8-5-9-7;4*2-1(3)4/h8*1-5H;;;;/q;;;;;;;;4*-2/p+8. The zero-order valence-corrected chi connectivity index (χ0v) is 52.0. The lowest BCUT2D eigenvalue weighted by Gasteiger charge is -2.09. The topological polar surface area (TPSA) is 298 Å². The van der Waals surface area contributed by atoms with E-state index in [0.29, 0.717) is 0 Å². The van der Waals surface area contributed by atoms with E-state index in [9.17, 15) is 17.3 Å². The summed E-state index contributed by atoms with van der Waals surface area (Å²) in [4.78, 5) is 25.1. The molecule has 0 saturated carbocycles. The van der Waals surface area contributed by atoms with Gasteiger partial charge >= 0.3 is 0 Å². The molecule has 0 aliphatic carbocycles. The van der Waals surface area contributed by atoms with E-state index >= 15 is 0 Å². The van der Waals surface area contributed by atoms with Gasteiger partial charge in [-0.1, -0.05) is 188 Å². The summed E-state index contributed by atoms with van der Waals surface area (Å²) >= 11 is 13.9. The van der Waals surface area contributed by atoms with E-state index in [1.807, 2.05) is 141 Å². The monoisotopic (exact) mass is 1340 g/mol. The van der Waals surface area contributed by atoms with E-state index < -0.39 is 29.6 Å². The summed E-state index contributed by atoms with van der Waals surface area (Å²) in [6, 6.07) is 66.1. The zero-order valence-electron chi connectivity index (χ0n) is 45.4. The number of benzene rings is 8. The van der Waals surface area contributed by atoms with Gasteiger partial charge in [-0.15, -0.1) is 0 Å². The molecule has 0 fully saturated rings. The second-order valence-electron chi connectivity index (χ2n) is 16.1. The van der Waals surface area contributed by atoms with Gasteiger partial charge in [-0.05, 0) is 48.5 Å². The molecular weight excluding hydrogens is 1290 g/mol. The Morgan fingerprint density at radius 2 is 0.284 bits per heavy atom. The van der Waals surface area contributed by atoms with Gasteiger partial charge in [-0.25, -0.2) is 39.9 Å². The average molecular weight is 1340 g/mol. The summed E-state index contributed by atoms with van der Waals surface area (Å²) in [5.74, 6) is 0.